The van der Waals surface area contributed by atoms with Crippen molar-refractivity contribution in [1.29, 1.82) is 0 Å². The third kappa shape index (κ3) is 3.20. The first-order chi connectivity index (χ1) is 7.54. The number of carbonyl (C=O) groups is 1. The summed E-state index contributed by atoms with van der Waals surface area (Å²) >= 11 is 0. The quantitative estimate of drug-likeness (QED) is 0.803. The van der Waals surface area contributed by atoms with Crippen molar-refractivity contribution >= 4 is 11.7 Å². The van der Waals surface area contributed by atoms with E-state index in [0.29, 0.717) is 0 Å². The van der Waals surface area contributed by atoms with E-state index in [0.717, 1.165) is 5.56 Å². The fourth-order valence-electron chi connectivity index (χ4n) is 1.27. The number of hydrogen-bond donors (Lipinski definition) is 2. The molecule has 1 rings (SSSR count). The van der Waals surface area contributed by atoms with Crippen LogP contribution in [0.25, 0.3) is 0 Å². The van der Waals surface area contributed by atoms with Gasteiger partial charge in [0.1, 0.15) is 11.9 Å². The summed E-state index contributed by atoms with van der Waals surface area (Å²) in [5, 5.41) is 11.4. The summed E-state index contributed by atoms with van der Waals surface area (Å²) in [6.45, 7) is 1.74. The van der Waals surface area contributed by atoms with Gasteiger partial charge in [-0.25, -0.2) is 9.18 Å². The highest BCUT2D eigenvalue weighted by molar-refractivity contribution is 5.77. The van der Waals surface area contributed by atoms with Crippen LogP contribution in [0.5, 0.6) is 0 Å². The number of ether oxygens (including phenoxy) is 1. The Balaban J connectivity index is 2.81. The number of nitrogens with one attached hydrogen (secondary N) is 1. The zero-order valence-electron chi connectivity index (χ0n) is 9.16. The molecule has 0 amide bonds. The van der Waals surface area contributed by atoms with Crippen molar-refractivity contribution in [3.05, 3.63) is 29.6 Å². The van der Waals surface area contributed by atoms with Crippen molar-refractivity contribution in [1.82, 2.24) is 0 Å². The Morgan fingerprint density at radius 3 is 2.81 bits per heavy atom. The maximum Gasteiger partial charge on any atom is 0.328 e. The van der Waals surface area contributed by atoms with Gasteiger partial charge >= 0.3 is 5.97 Å². The van der Waals surface area contributed by atoms with Gasteiger partial charge in [-0.1, -0.05) is 6.07 Å². The zero-order valence-corrected chi connectivity index (χ0v) is 9.16. The minimum atomic E-state index is -1.08. The molecule has 0 fully saturated rings. The first kappa shape index (κ1) is 12.4. The van der Waals surface area contributed by atoms with Crippen LogP contribution in [0.3, 0.4) is 0 Å². The van der Waals surface area contributed by atoms with E-state index < -0.39 is 17.8 Å². The molecule has 0 bridgehead atoms. The van der Waals surface area contributed by atoms with E-state index in [9.17, 15) is 9.18 Å². The van der Waals surface area contributed by atoms with Gasteiger partial charge in [0, 0.05) is 7.11 Å². The van der Waals surface area contributed by atoms with Gasteiger partial charge in [-0.3, -0.25) is 0 Å². The van der Waals surface area contributed by atoms with Crippen LogP contribution in [0.4, 0.5) is 10.1 Å². The molecule has 1 aromatic carbocycles. The Hall–Kier alpha value is -1.62. The Bertz CT molecular complexity index is 381. The first-order valence-electron chi connectivity index (χ1n) is 4.79. The lowest BCUT2D eigenvalue weighted by atomic mass is 10.2. The Labute approximate surface area is 93.0 Å². The molecule has 0 heterocycles. The molecule has 5 heteroatoms. The minimum absolute atomic E-state index is 0.0251. The van der Waals surface area contributed by atoms with Gasteiger partial charge in [-0.05, 0) is 24.6 Å². The van der Waals surface area contributed by atoms with E-state index in [1.165, 1.54) is 19.2 Å². The van der Waals surface area contributed by atoms with Crippen LogP contribution in [0.2, 0.25) is 0 Å². The number of benzene rings is 1. The molecule has 1 atom stereocenters. The van der Waals surface area contributed by atoms with E-state index in [1.807, 2.05) is 0 Å². The fraction of sp³-hybridized carbons (Fsp3) is 0.364. The van der Waals surface area contributed by atoms with Gasteiger partial charge < -0.3 is 15.2 Å². The lowest BCUT2D eigenvalue weighted by Gasteiger charge is -2.15. The normalized spacial score (nSPS) is 12.2. The topological polar surface area (TPSA) is 58.6 Å². The van der Waals surface area contributed by atoms with Crippen molar-refractivity contribution in [2.45, 2.75) is 13.0 Å². The Morgan fingerprint density at radius 2 is 2.31 bits per heavy atom. The summed E-state index contributed by atoms with van der Waals surface area (Å²) in [7, 11) is 1.39. The molecule has 2 N–H and O–H groups in total. The summed E-state index contributed by atoms with van der Waals surface area (Å²) in [4.78, 5) is 10.8. The molecule has 1 aromatic rings. The fourth-order valence-corrected chi connectivity index (χ4v) is 1.27. The third-order valence-electron chi connectivity index (χ3n) is 2.09. The van der Waals surface area contributed by atoms with Gasteiger partial charge in [-0.2, -0.15) is 0 Å². The van der Waals surface area contributed by atoms with Gasteiger partial charge in [0.05, 0.1) is 12.3 Å². The number of carboxylic acids is 1. The average molecular weight is 227 g/mol. The Morgan fingerprint density at radius 1 is 1.62 bits per heavy atom. The number of carboxylic acid groups (broad SMARTS) is 1. The zero-order chi connectivity index (χ0) is 12.1. The van der Waals surface area contributed by atoms with Gasteiger partial charge in [0.15, 0.2) is 0 Å². The van der Waals surface area contributed by atoms with Crippen molar-refractivity contribution in [3.8, 4) is 0 Å². The van der Waals surface area contributed by atoms with Crippen LogP contribution in [0.15, 0.2) is 18.2 Å². The molecule has 0 radical (unpaired) electrons. The van der Waals surface area contributed by atoms with Crippen molar-refractivity contribution < 1.29 is 19.0 Å². The number of hydrogen-bond acceptors (Lipinski definition) is 3. The molecule has 0 aliphatic carbocycles. The third-order valence-corrected chi connectivity index (χ3v) is 2.09. The van der Waals surface area contributed by atoms with Crippen LogP contribution >= 0.6 is 0 Å². The number of aliphatic carboxylic acids is 1. The molecule has 16 heavy (non-hydrogen) atoms. The number of rotatable bonds is 5. The minimum Gasteiger partial charge on any atom is -0.480 e. The number of aryl methyl sites for hydroxylation is 1. The maximum absolute atomic E-state index is 13.4. The van der Waals surface area contributed by atoms with Gasteiger partial charge in [-0.15, -0.1) is 0 Å². The highest BCUT2D eigenvalue weighted by Gasteiger charge is 2.18. The second-order valence-electron chi connectivity index (χ2n) is 3.47. The van der Waals surface area contributed by atoms with Crippen LogP contribution in [-0.2, 0) is 9.53 Å². The van der Waals surface area contributed by atoms with Crippen LogP contribution < -0.4 is 5.32 Å². The molecule has 88 valence electrons. The summed E-state index contributed by atoms with van der Waals surface area (Å²) in [5.41, 5.74) is 0.941. The van der Waals surface area contributed by atoms with Crippen LogP contribution in [0, 0.1) is 12.7 Å². The standard InChI is InChI=1S/C11H14FNO3/c1-7-3-4-9(8(12)5-7)13-10(6-16-2)11(14)15/h3-5,10,13H,6H2,1-2H3,(H,14,15). The number of halogens is 1. The van der Waals surface area contributed by atoms with E-state index in [-0.39, 0.29) is 12.3 Å². The molecule has 1 unspecified atom stereocenters. The van der Waals surface area contributed by atoms with E-state index in [1.54, 1.807) is 13.0 Å². The predicted molar refractivity (Wildman–Crippen MR) is 58.1 cm³/mol. The largest absolute Gasteiger partial charge is 0.480 e. The highest BCUT2D eigenvalue weighted by Crippen LogP contribution is 2.16. The second-order valence-corrected chi connectivity index (χ2v) is 3.47. The van der Waals surface area contributed by atoms with Gasteiger partial charge in [0.2, 0.25) is 0 Å². The first-order valence-corrected chi connectivity index (χ1v) is 4.79. The number of methoxy groups -OCH3 is 1. The smallest absolute Gasteiger partial charge is 0.328 e. The monoisotopic (exact) mass is 227 g/mol. The predicted octanol–water partition coefficient (Wildman–Crippen LogP) is 1.65. The highest BCUT2D eigenvalue weighted by atomic mass is 19.1. The molecule has 0 saturated carbocycles. The molecule has 0 saturated heterocycles. The molecule has 0 aromatic heterocycles. The molecule has 0 spiro atoms. The van der Waals surface area contributed by atoms with Crippen molar-refractivity contribution in [3.63, 3.8) is 0 Å². The molecule has 4 nitrogen and oxygen atoms in total. The second kappa shape index (κ2) is 5.46. The molecular weight excluding hydrogens is 213 g/mol. The average Bonchev–Trinajstić information content (AvgIpc) is 2.20. The number of anilines is 1. The summed E-state index contributed by atoms with van der Waals surface area (Å²) < 4.78 is 18.2. The Kier molecular flexibility index (Phi) is 4.25. The van der Waals surface area contributed by atoms with Crippen molar-refractivity contribution in [2.75, 3.05) is 19.0 Å². The maximum atomic E-state index is 13.4. The van der Waals surface area contributed by atoms with E-state index >= 15 is 0 Å². The van der Waals surface area contributed by atoms with Crippen molar-refractivity contribution in [2.24, 2.45) is 0 Å². The van der Waals surface area contributed by atoms with E-state index in [4.69, 9.17) is 9.84 Å². The molecule has 0 aliphatic heterocycles. The SMILES string of the molecule is COCC(Nc1ccc(C)cc1F)C(=O)O. The molecular formula is C11H14FNO3. The summed E-state index contributed by atoms with van der Waals surface area (Å²) in [5.74, 6) is -1.55. The lowest BCUT2D eigenvalue weighted by Crippen LogP contribution is -2.33. The lowest BCUT2D eigenvalue weighted by molar-refractivity contribution is -0.139. The summed E-state index contributed by atoms with van der Waals surface area (Å²) in [6.07, 6.45) is 0. The van der Waals surface area contributed by atoms with Gasteiger partial charge in [0.25, 0.3) is 0 Å². The molecule has 0 aliphatic rings. The van der Waals surface area contributed by atoms with Crippen LogP contribution in [0.1, 0.15) is 5.56 Å². The van der Waals surface area contributed by atoms with Crippen LogP contribution in [-0.4, -0.2) is 30.8 Å². The summed E-state index contributed by atoms with van der Waals surface area (Å²) in [6, 6.07) is 3.60. The van der Waals surface area contributed by atoms with E-state index in [2.05, 4.69) is 5.32 Å².